The highest BCUT2D eigenvalue weighted by molar-refractivity contribution is 7.22. The zero-order valence-electron chi connectivity index (χ0n) is 19.2. The van der Waals surface area contributed by atoms with E-state index in [1.54, 1.807) is 26.2 Å². The molecule has 0 atom stereocenters. The summed E-state index contributed by atoms with van der Waals surface area (Å²) in [5, 5.41) is 10.9. The van der Waals surface area contributed by atoms with Crippen LogP contribution in [0.25, 0.3) is 10.2 Å². The van der Waals surface area contributed by atoms with Crippen LogP contribution in [0.4, 0.5) is 21.2 Å². The third kappa shape index (κ3) is 5.03. The molecule has 16 heteroatoms. The molecule has 0 fully saturated rings. The number of anilines is 3. The van der Waals surface area contributed by atoms with Crippen molar-refractivity contribution < 1.29 is 4.39 Å². The minimum atomic E-state index is -0.825. The number of halogens is 3. The molecule has 12 nitrogen and oxygen atoms in total. The van der Waals surface area contributed by atoms with Crippen LogP contribution in [0.5, 0.6) is 0 Å². The van der Waals surface area contributed by atoms with E-state index in [2.05, 4.69) is 35.7 Å². The number of hydrogen-bond donors (Lipinski definition) is 2. The second kappa shape index (κ2) is 9.88. The standard InChI is InChI=1S/C21H17Cl2FN10O2S/c1-25-19-29-15-4-12(23)14(5-16(15)37-19)28-18-30-20(35)34(8-17-27-9-32(2)31-17)21(36)33(18)7-10-3-11(22)13(24)6-26-10/h3-6,9H,7-8H2,1-2H3,(H,25,29)(H,28,30,35). The van der Waals surface area contributed by atoms with E-state index in [-0.39, 0.29) is 35.6 Å². The Labute approximate surface area is 221 Å². The highest BCUT2D eigenvalue weighted by atomic mass is 35.5. The van der Waals surface area contributed by atoms with Crippen molar-refractivity contribution in [3.8, 4) is 0 Å². The van der Waals surface area contributed by atoms with Gasteiger partial charge in [0.1, 0.15) is 6.33 Å². The number of rotatable bonds is 7. The molecular weight excluding hydrogens is 546 g/mol. The lowest BCUT2D eigenvalue weighted by atomic mass is 10.3. The van der Waals surface area contributed by atoms with E-state index >= 15 is 0 Å². The Bertz CT molecular complexity index is 1760. The molecule has 0 unspecified atom stereocenters. The first-order valence-corrected chi connectivity index (χ1v) is 12.2. The van der Waals surface area contributed by atoms with Gasteiger partial charge in [0, 0.05) is 14.1 Å². The number of aryl methyl sites for hydroxylation is 1. The quantitative estimate of drug-likeness (QED) is 0.306. The van der Waals surface area contributed by atoms with E-state index in [9.17, 15) is 14.0 Å². The Morgan fingerprint density at radius 2 is 1.86 bits per heavy atom. The van der Waals surface area contributed by atoms with Gasteiger partial charge in [0.2, 0.25) is 5.95 Å². The summed E-state index contributed by atoms with van der Waals surface area (Å²) < 4.78 is 18.0. The molecule has 5 rings (SSSR count). The topological polar surface area (TPSA) is 137 Å². The molecule has 4 aromatic heterocycles. The summed E-state index contributed by atoms with van der Waals surface area (Å²) in [6.07, 6.45) is 2.40. The predicted octanol–water partition coefficient (Wildman–Crippen LogP) is 2.87. The Kier molecular flexibility index (Phi) is 6.62. The minimum absolute atomic E-state index is 0.0953. The van der Waals surface area contributed by atoms with E-state index < -0.39 is 17.2 Å². The van der Waals surface area contributed by atoms with E-state index in [4.69, 9.17) is 23.2 Å². The number of benzene rings is 1. The van der Waals surface area contributed by atoms with Crippen LogP contribution in [0.1, 0.15) is 11.5 Å². The van der Waals surface area contributed by atoms with Crippen molar-refractivity contribution in [2.45, 2.75) is 13.1 Å². The molecule has 4 heterocycles. The SMILES string of the molecule is CNc1nc2cc(Cl)c(Nc3nc(=O)n(Cc4ncn(C)n4)c(=O)n3Cc3cc(Cl)c(F)cn3)cc2s1. The summed E-state index contributed by atoms with van der Waals surface area (Å²) in [6.45, 7) is -0.377. The fourth-order valence-electron chi connectivity index (χ4n) is 3.47. The normalized spacial score (nSPS) is 11.3. The van der Waals surface area contributed by atoms with E-state index in [1.165, 1.54) is 33.0 Å². The van der Waals surface area contributed by atoms with Crippen LogP contribution in [0.3, 0.4) is 0 Å². The van der Waals surface area contributed by atoms with Crippen molar-refractivity contribution in [1.82, 2.24) is 38.9 Å². The predicted molar refractivity (Wildman–Crippen MR) is 139 cm³/mol. The second-order valence-corrected chi connectivity index (χ2v) is 9.64. The van der Waals surface area contributed by atoms with Gasteiger partial charge in [0.15, 0.2) is 16.8 Å². The first kappa shape index (κ1) is 24.8. The van der Waals surface area contributed by atoms with E-state index in [0.717, 1.165) is 15.5 Å². The van der Waals surface area contributed by atoms with Crippen LogP contribution < -0.4 is 22.0 Å². The number of nitrogens with zero attached hydrogens (tertiary/aromatic N) is 8. The maximum Gasteiger partial charge on any atom is 0.355 e. The molecule has 0 aliphatic rings. The van der Waals surface area contributed by atoms with Crippen molar-refractivity contribution >= 4 is 61.5 Å². The molecule has 0 saturated carbocycles. The summed E-state index contributed by atoms with van der Waals surface area (Å²) in [4.78, 5) is 43.0. The number of thiazole rings is 1. The van der Waals surface area contributed by atoms with E-state index in [1.807, 2.05) is 0 Å². The third-order valence-corrected chi connectivity index (χ3v) is 6.86. The van der Waals surface area contributed by atoms with Crippen LogP contribution in [-0.4, -0.2) is 45.9 Å². The van der Waals surface area contributed by atoms with Gasteiger partial charge < -0.3 is 10.6 Å². The Morgan fingerprint density at radius 1 is 1.05 bits per heavy atom. The zero-order valence-corrected chi connectivity index (χ0v) is 21.6. The minimum Gasteiger partial charge on any atom is -0.365 e. The van der Waals surface area contributed by atoms with Gasteiger partial charge in [-0.1, -0.05) is 34.5 Å². The number of pyridine rings is 1. The maximum absolute atomic E-state index is 13.7. The van der Waals surface area contributed by atoms with E-state index in [0.29, 0.717) is 21.4 Å². The summed E-state index contributed by atoms with van der Waals surface area (Å²) >= 11 is 13.8. The highest BCUT2D eigenvalue weighted by Crippen LogP contribution is 2.34. The highest BCUT2D eigenvalue weighted by Gasteiger charge is 2.18. The van der Waals surface area contributed by atoms with Crippen LogP contribution in [0.15, 0.2) is 40.3 Å². The van der Waals surface area contributed by atoms with Gasteiger partial charge in [0.25, 0.3) is 0 Å². The lowest BCUT2D eigenvalue weighted by Gasteiger charge is -2.16. The summed E-state index contributed by atoms with van der Waals surface area (Å²) in [7, 11) is 3.42. The largest absolute Gasteiger partial charge is 0.365 e. The molecule has 0 aliphatic carbocycles. The van der Waals surface area contributed by atoms with Crippen LogP contribution in [-0.2, 0) is 20.1 Å². The molecule has 190 valence electrons. The molecule has 0 spiro atoms. The van der Waals surface area contributed by atoms with Crippen molar-refractivity contribution in [2.75, 3.05) is 17.7 Å². The Balaban J connectivity index is 1.61. The van der Waals surface area contributed by atoms with Gasteiger partial charge in [-0.05, 0) is 18.2 Å². The summed E-state index contributed by atoms with van der Waals surface area (Å²) in [5.41, 5.74) is -0.200. The molecule has 1 aromatic carbocycles. The number of aromatic nitrogens is 8. The van der Waals surface area contributed by atoms with Crippen molar-refractivity contribution in [1.29, 1.82) is 0 Å². The molecular formula is C21H17Cl2FN10O2S. The molecule has 5 aromatic rings. The zero-order chi connectivity index (χ0) is 26.3. The smallest absolute Gasteiger partial charge is 0.355 e. The first-order valence-electron chi connectivity index (χ1n) is 10.6. The Hall–Kier alpha value is -3.88. The molecule has 0 bridgehead atoms. The van der Waals surface area contributed by atoms with Gasteiger partial charge in [-0.25, -0.2) is 28.5 Å². The fraction of sp³-hybridized carbons (Fsp3) is 0.190. The molecule has 0 aliphatic heterocycles. The van der Waals surface area contributed by atoms with Gasteiger partial charge in [-0.3, -0.25) is 14.2 Å². The van der Waals surface area contributed by atoms with Gasteiger partial charge in [-0.2, -0.15) is 10.1 Å². The van der Waals surface area contributed by atoms with Crippen molar-refractivity contribution in [3.05, 3.63) is 79.1 Å². The van der Waals surface area contributed by atoms with Crippen molar-refractivity contribution in [2.24, 2.45) is 7.05 Å². The fourth-order valence-corrected chi connectivity index (χ4v) is 4.69. The lowest BCUT2D eigenvalue weighted by Crippen LogP contribution is -2.43. The van der Waals surface area contributed by atoms with Crippen molar-refractivity contribution in [3.63, 3.8) is 0 Å². The molecule has 0 amide bonds. The maximum atomic E-state index is 13.7. The average Bonchev–Trinajstić information content (AvgIpc) is 3.46. The van der Waals surface area contributed by atoms with Crippen LogP contribution in [0.2, 0.25) is 10.0 Å². The van der Waals surface area contributed by atoms with Gasteiger partial charge >= 0.3 is 11.4 Å². The second-order valence-electron chi connectivity index (χ2n) is 7.79. The first-order chi connectivity index (χ1) is 17.7. The van der Waals surface area contributed by atoms with Crippen LogP contribution in [0, 0.1) is 5.82 Å². The average molecular weight is 563 g/mol. The van der Waals surface area contributed by atoms with Gasteiger partial charge in [-0.15, -0.1) is 0 Å². The summed E-state index contributed by atoms with van der Waals surface area (Å²) in [6, 6.07) is 4.69. The monoisotopic (exact) mass is 562 g/mol. The molecule has 37 heavy (non-hydrogen) atoms. The van der Waals surface area contributed by atoms with Crippen LogP contribution >= 0.6 is 34.5 Å². The number of nitrogens with one attached hydrogen (secondary N) is 2. The summed E-state index contributed by atoms with van der Waals surface area (Å²) in [5.74, 6) is -0.550. The third-order valence-electron chi connectivity index (χ3n) is 5.22. The molecule has 0 radical (unpaired) electrons. The Morgan fingerprint density at radius 3 is 2.57 bits per heavy atom. The number of hydrogen-bond acceptors (Lipinski definition) is 10. The lowest BCUT2D eigenvalue weighted by molar-refractivity contribution is 0.567. The molecule has 0 saturated heterocycles. The van der Waals surface area contributed by atoms with Gasteiger partial charge in [0.05, 0.1) is 50.9 Å². The number of fused-ring (bicyclic) bond motifs is 1. The molecule has 2 N–H and O–H groups in total.